The first kappa shape index (κ1) is 15.1. The third-order valence-electron chi connectivity index (χ3n) is 4.26. The highest BCUT2D eigenvalue weighted by Gasteiger charge is 2.44. The van der Waals surface area contributed by atoms with Gasteiger partial charge in [-0.05, 0) is 43.0 Å². The normalized spacial score (nSPS) is 19.2. The Labute approximate surface area is 144 Å². The van der Waals surface area contributed by atoms with Gasteiger partial charge in [0.15, 0.2) is 5.13 Å². The Hall–Kier alpha value is -2.40. The number of rotatable bonds is 5. The number of nitrogens with one attached hydrogen (secondary N) is 1. The Balaban J connectivity index is 1.45. The quantitative estimate of drug-likeness (QED) is 0.748. The molecule has 0 unspecified atom stereocenters. The molecule has 1 aliphatic rings. The molecule has 0 bridgehead atoms. The number of anilines is 1. The van der Waals surface area contributed by atoms with Crippen molar-refractivity contribution < 1.29 is 9.53 Å². The average Bonchev–Trinajstić information content (AvgIpc) is 3.30. The van der Waals surface area contributed by atoms with E-state index in [0.29, 0.717) is 17.7 Å². The number of benzene rings is 2. The van der Waals surface area contributed by atoms with Crippen molar-refractivity contribution in [3.05, 3.63) is 54.1 Å². The summed E-state index contributed by atoms with van der Waals surface area (Å²) >= 11 is 1.48. The number of amides is 1. The molecule has 0 saturated heterocycles. The van der Waals surface area contributed by atoms with Crippen LogP contribution in [0, 0.1) is 5.92 Å². The van der Waals surface area contributed by atoms with E-state index in [-0.39, 0.29) is 11.8 Å². The van der Waals surface area contributed by atoms with E-state index in [1.807, 2.05) is 43.3 Å². The van der Waals surface area contributed by atoms with Crippen molar-refractivity contribution in [2.45, 2.75) is 19.3 Å². The lowest BCUT2D eigenvalue weighted by Crippen LogP contribution is -2.14. The number of carbonyl (C=O) groups excluding carboxylic acids is 1. The monoisotopic (exact) mass is 338 g/mol. The van der Waals surface area contributed by atoms with Gasteiger partial charge in [-0.25, -0.2) is 4.98 Å². The van der Waals surface area contributed by atoms with Gasteiger partial charge in [0.2, 0.25) is 5.91 Å². The van der Waals surface area contributed by atoms with Crippen molar-refractivity contribution in [1.29, 1.82) is 0 Å². The standard InChI is InChI=1S/C19H18N2O2S/c1-2-23-13-8-9-16-17(10-13)24-19(20-16)21-18(22)15-11-14(15)12-6-4-3-5-7-12/h3-10,14-15H,2,11H2,1H3,(H,20,21,22)/t14-,15+/m0/s1. The van der Waals surface area contributed by atoms with Gasteiger partial charge < -0.3 is 10.1 Å². The van der Waals surface area contributed by atoms with Crippen LogP contribution in [0.4, 0.5) is 5.13 Å². The fraction of sp³-hybridized carbons (Fsp3) is 0.263. The van der Waals surface area contributed by atoms with Crippen LogP contribution in [0.2, 0.25) is 0 Å². The molecule has 5 heteroatoms. The third kappa shape index (κ3) is 2.99. The van der Waals surface area contributed by atoms with Crippen molar-refractivity contribution in [3.8, 4) is 5.75 Å². The van der Waals surface area contributed by atoms with Crippen LogP contribution in [0.5, 0.6) is 5.75 Å². The highest BCUT2D eigenvalue weighted by molar-refractivity contribution is 7.22. The van der Waals surface area contributed by atoms with Crippen LogP contribution >= 0.6 is 11.3 Å². The summed E-state index contributed by atoms with van der Waals surface area (Å²) in [6.45, 7) is 2.60. The van der Waals surface area contributed by atoms with Gasteiger partial charge in [0.25, 0.3) is 0 Å². The summed E-state index contributed by atoms with van der Waals surface area (Å²) in [4.78, 5) is 16.9. The molecule has 1 saturated carbocycles. The maximum Gasteiger partial charge on any atom is 0.229 e. The molecule has 1 fully saturated rings. The summed E-state index contributed by atoms with van der Waals surface area (Å²) in [7, 11) is 0. The van der Waals surface area contributed by atoms with E-state index < -0.39 is 0 Å². The molecule has 24 heavy (non-hydrogen) atoms. The molecule has 2 aromatic carbocycles. The number of fused-ring (bicyclic) bond motifs is 1. The van der Waals surface area contributed by atoms with Crippen LogP contribution < -0.4 is 10.1 Å². The van der Waals surface area contributed by atoms with E-state index >= 15 is 0 Å². The summed E-state index contributed by atoms with van der Waals surface area (Å²) in [6, 6.07) is 16.0. The predicted molar refractivity (Wildman–Crippen MR) is 96.7 cm³/mol. The highest BCUT2D eigenvalue weighted by atomic mass is 32.1. The van der Waals surface area contributed by atoms with Gasteiger partial charge in [0, 0.05) is 5.92 Å². The topological polar surface area (TPSA) is 51.2 Å². The molecule has 1 aliphatic carbocycles. The average molecular weight is 338 g/mol. The van der Waals surface area contributed by atoms with E-state index in [1.165, 1.54) is 16.9 Å². The van der Waals surface area contributed by atoms with E-state index in [2.05, 4.69) is 22.4 Å². The number of carbonyl (C=O) groups is 1. The molecule has 2 atom stereocenters. The van der Waals surface area contributed by atoms with Crippen LogP contribution in [-0.4, -0.2) is 17.5 Å². The predicted octanol–water partition coefficient (Wildman–Crippen LogP) is 4.44. The second-order valence-electron chi connectivity index (χ2n) is 5.93. The van der Waals surface area contributed by atoms with Gasteiger partial charge in [-0.2, -0.15) is 0 Å². The van der Waals surface area contributed by atoms with Gasteiger partial charge in [-0.3, -0.25) is 4.79 Å². The molecular weight excluding hydrogens is 320 g/mol. The molecule has 122 valence electrons. The maximum absolute atomic E-state index is 12.4. The molecule has 0 spiro atoms. The first-order chi connectivity index (χ1) is 11.7. The Morgan fingerprint density at radius 1 is 1.29 bits per heavy atom. The first-order valence-corrected chi connectivity index (χ1v) is 8.95. The molecule has 0 radical (unpaired) electrons. The van der Waals surface area contributed by atoms with Crippen LogP contribution in [-0.2, 0) is 4.79 Å². The fourth-order valence-electron chi connectivity index (χ4n) is 2.97. The molecule has 0 aliphatic heterocycles. The molecule has 3 aromatic rings. The molecule has 1 N–H and O–H groups in total. The first-order valence-electron chi connectivity index (χ1n) is 8.14. The van der Waals surface area contributed by atoms with Crippen molar-refractivity contribution in [1.82, 2.24) is 4.98 Å². The van der Waals surface area contributed by atoms with Gasteiger partial charge in [-0.1, -0.05) is 41.7 Å². The minimum atomic E-state index is 0.0541. The van der Waals surface area contributed by atoms with Crippen LogP contribution in [0.1, 0.15) is 24.8 Å². The molecular formula is C19H18N2O2S. The smallest absolute Gasteiger partial charge is 0.229 e. The van der Waals surface area contributed by atoms with Crippen LogP contribution in [0.25, 0.3) is 10.2 Å². The second kappa shape index (κ2) is 6.24. The van der Waals surface area contributed by atoms with Gasteiger partial charge in [0.05, 0.1) is 16.8 Å². The largest absolute Gasteiger partial charge is 0.494 e. The van der Waals surface area contributed by atoms with E-state index in [1.54, 1.807) is 0 Å². The second-order valence-corrected chi connectivity index (χ2v) is 6.96. The third-order valence-corrected chi connectivity index (χ3v) is 5.19. The lowest BCUT2D eigenvalue weighted by Gasteiger charge is -2.01. The minimum Gasteiger partial charge on any atom is -0.494 e. The summed E-state index contributed by atoms with van der Waals surface area (Å²) in [5, 5.41) is 3.63. The zero-order valence-corrected chi connectivity index (χ0v) is 14.2. The summed E-state index contributed by atoms with van der Waals surface area (Å²) < 4.78 is 6.53. The van der Waals surface area contributed by atoms with E-state index in [9.17, 15) is 4.79 Å². The van der Waals surface area contributed by atoms with Crippen LogP contribution in [0.3, 0.4) is 0 Å². The number of ether oxygens (including phenoxy) is 1. The van der Waals surface area contributed by atoms with Gasteiger partial charge >= 0.3 is 0 Å². The minimum absolute atomic E-state index is 0.0541. The zero-order valence-electron chi connectivity index (χ0n) is 13.4. The van der Waals surface area contributed by atoms with Gasteiger partial charge in [-0.15, -0.1) is 0 Å². The number of thiazole rings is 1. The maximum atomic E-state index is 12.4. The summed E-state index contributed by atoms with van der Waals surface area (Å²) in [5.41, 5.74) is 2.12. The molecule has 4 nitrogen and oxygen atoms in total. The Morgan fingerprint density at radius 3 is 2.92 bits per heavy atom. The number of nitrogens with zero attached hydrogens (tertiary/aromatic N) is 1. The Kier molecular flexibility index (Phi) is 3.94. The zero-order chi connectivity index (χ0) is 16.5. The van der Waals surface area contributed by atoms with Crippen molar-refractivity contribution >= 4 is 32.6 Å². The number of aromatic nitrogens is 1. The highest BCUT2D eigenvalue weighted by Crippen LogP contribution is 2.48. The SMILES string of the molecule is CCOc1ccc2nc(NC(=O)[C@@H]3C[C@H]3c3ccccc3)sc2c1. The number of hydrogen-bond donors (Lipinski definition) is 1. The van der Waals surface area contributed by atoms with Crippen molar-refractivity contribution in [2.24, 2.45) is 5.92 Å². The molecule has 1 heterocycles. The molecule has 1 amide bonds. The van der Waals surface area contributed by atoms with E-state index in [4.69, 9.17) is 4.74 Å². The van der Waals surface area contributed by atoms with Gasteiger partial charge in [0.1, 0.15) is 5.75 Å². The summed E-state index contributed by atoms with van der Waals surface area (Å²) in [6.07, 6.45) is 0.912. The number of hydrogen-bond acceptors (Lipinski definition) is 4. The molecule has 4 rings (SSSR count). The lowest BCUT2D eigenvalue weighted by atomic mass is 10.1. The lowest BCUT2D eigenvalue weighted by molar-refractivity contribution is -0.117. The fourth-order valence-corrected chi connectivity index (χ4v) is 3.86. The Bertz CT molecular complexity index is 875. The van der Waals surface area contributed by atoms with Crippen LogP contribution in [0.15, 0.2) is 48.5 Å². The Morgan fingerprint density at radius 2 is 2.12 bits per heavy atom. The molecule has 1 aromatic heterocycles. The van der Waals surface area contributed by atoms with Crippen molar-refractivity contribution in [3.63, 3.8) is 0 Å². The van der Waals surface area contributed by atoms with Crippen molar-refractivity contribution in [2.75, 3.05) is 11.9 Å². The van der Waals surface area contributed by atoms with E-state index in [0.717, 1.165) is 22.4 Å². The summed E-state index contributed by atoms with van der Waals surface area (Å²) in [5.74, 6) is 1.29.